The number of ether oxygens (including phenoxy) is 2. The van der Waals surface area contributed by atoms with Gasteiger partial charge < -0.3 is 20.1 Å². The van der Waals surface area contributed by atoms with Crippen molar-refractivity contribution in [2.45, 2.75) is 33.6 Å². The van der Waals surface area contributed by atoms with Crippen molar-refractivity contribution in [1.82, 2.24) is 0 Å². The second-order valence-corrected chi connectivity index (χ2v) is 6.79. The predicted octanol–water partition coefficient (Wildman–Crippen LogP) is 5.42. The number of hydrogen-bond donors (Lipinski definition) is 2. The first-order valence-electron chi connectivity index (χ1n) is 9.61. The van der Waals surface area contributed by atoms with E-state index in [9.17, 15) is 0 Å². The molecule has 4 heteroatoms. The zero-order valence-corrected chi connectivity index (χ0v) is 16.3. The summed E-state index contributed by atoms with van der Waals surface area (Å²) in [4.78, 5) is 0. The number of hydrogen-bond acceptors (Lipinski definition) is 4. The number of anilines is 2. The highest BCUT2D eigenvalue weighted by Gasteiger charge is 2.00. The highest BCUT2D eigenvalue weighted by atomic mass is 16.5. The molecule has 0 atom stereocenters. The van der Waals surface area contributed by atoms with Crippen molar-refractivity contribution in [3.63, 3.8) is 0 Å². The van der Waals surface area contributed by atoms with Gasteiger partial charge in [0.1, 0.15) is 11.5 Å². The fraction of sp³-hybridized carbons (Fsp3) is 0.455. The van der Waals surface area contributed by atoms with Crippen LogP contribution in [0, 0.1) is 5.92 Å². The molecule has 0 unspecified atom stereocenters. The van der Waals surface area contributed by atoms with Crippen LogP contribution >= 0.6 is 0 Å². The molecule has 2 aromatic carbocycles. The lowest BCUT2D eigenvalue weighted by atomic mass is 10.1. The summed E-state index contributed by atoms with van der Waals surface area (Å²) in [5, 5.41) is 6.85. The maximum absolute atomic E-state index is 5.81. The maximum atomic E-state index is 5.81. The third-order valence-corrected chi connectivity index (χ3v) is 3.89. The molecule has 0 aliphatic carbocycles. The van der Waals surface area contributed by atoms with Gasteiger partial charge in [0.2, 0.25) is 0 Å². The normalized spacial score (nSPS) is 10.6. The molecule has 26 heavy (non-hydrogen) atoms. The van der Waals surface area contributed by atoms with Crippen LogP contribution in [-0.4, -0.2) is 26.3 Å². The van der Waals surface area contributed by atoms with Crippen LogP contribution in [-0.2, 0) is 0 Å². The molecule has 0 spiro atoms. The molecule has 0 bridgehead atoms. The van der Waals surface area contributed by atoms with Gasteiger partial charge in [-0.3, -0.25) is 0 Å². The van der Waals surface area contributed by atoms with E-state index in [4.69, 9.17) is 9.47 Å². The summed E-state index contributed by atoms with van der Waals surface area (Å²) in [5.74, 6) is 2.49. The highest BCUT2D eigenvalue weighted by molar-refractivity contribution is 5.50. The zero-order valence-electron chi connectivity index (χ0n) is 16.3. The van der Waals surface area contributed by atoms with Crippen LogP contribution in [0.2, 0.25) is 0 Å². The number of nitrogens with one attached hydrogen (secondary N) is 2. The van der Waals surface area contributed by atoms with E-state index in [1.54, 1.807) is 0 Å². The van der Waals surface area contributed by atoms with Gasteiger partial charge in [-0.2, -0.15) is 0 Å². The smallest absolute Gasteiger partial charge is 0.121 e. The van der Waals surface area contributed by atoms with E-state index in [0.29, 0.717) is 5.92 Å². The lowest BCUT2D eigenvalue weighted by Crippen LogP contribution is -2.13. The Bertz CT molecular complexity index is 644. The van der Waals surface area contributed by atoms with Gasteiger partial charge in [0.05, 0.1) is 13.2 Å². The van der Waals surface area contributed by atoms with Crippen LogP contribution in [0.25, 0.3) is 0 Å². The molecule has 0 aromatic heterocycles. The Hall–Kier alpha value is -2.36. The van der Waals surface area contributed by atoms with E-state index in [1.165, 1.54) is 0 Å². The molecule has 2 N–H and O–H groups in total. The number of rotatable bonds is 12. The summed E-state index contributed by atoms with van der Waals surface area (Å²) in [6.07, 6.45) is 2.09. The van der Waals surface area contributed by atoms with Gasteiger partial charge in [0, 0.05) is 36.6 Å². The fourth-order valence-corrected chi connectivity index (χ4v) is 2.44. The molecule has 0 heterocycles. The van der Waals surface area contributed by atoms with Crippen molar-refractivity contribution in [3.8, 4) is 11.5 Å². The molecule has 0 radical (unpaired) electrons. The lowest BCUT2D eigenvalue weighted by Gasteiger charge is -2.12. The van der Waals surface area contributed by atoms with Gasteiger partial charge in [-0.15, -0.1) is 0 Å². The Morgan fingerprint density at radius 2 is 1.35 bits per heavy atom. The maximum Gasteiger partial charge on any atom is 0.121 e. The molecule has 2 rings (SSSR count). The molecule has 142 valence electrons. The summed E-state index contributed by atoms with van der Waals surface area (Å²) in [6, 6.07) is 16.2. The average Bonchev–Trinajstić information content (AvgIpc) is 2.64. The minimum Gasteiger partial charge on any atom is -0.494 e. The largest absolute Gasteiger partial charge is 0.494 e. The lowest BCUT2D eigenvalue weighted by molar-refractivity contribution is 0.289. The van der Waals surface area contributed by atoms with E-state index in [1.807, 2.05) is 30.3 Å². The minimum absolute atomic E-state index is 0.660. The van der Waals surface area contributed by atoms with Crippen LogP contribution < -0.4 is 20.1 Å². The van der Waals surface area contributed by atoms with Gasteiger partial charge >= 0.3 is 0 Å². The van der Waals surface area contributed by atoms with Crippen molar-refractivity contribution in [2.75, 3.05) is 36.9 Å². The molecule has 2 aromatic rings. The first-order chi connectivity index (χ1) is 12.7. The monoisotopic (exact) mass is 356 g/mol. The standard InChI is InChI=1S/C22H32N2O2/c1-4-14-25-21-9-5-7-19(16-21)23-12-13-24-20-8-6-10-22(17-20)26-15-11-18(2)3/h5-10,16-18,23-24H,4,11-15H2,1-3H3. The number of benzene rings is 2. The summed E-state index contributed by atoms with van der Waals surface area (Å²) in [5.41, 5.74) is 2.15. The quantitative estimate of drug-likeness (QED) is 0.498. The molecule has 0 aliphatic rings. The Morgan fingerprint density at radius 3 is 1.85 bits per heavy atom. The highest BCUT2D eigenvalue weighted by Crippen LogP contribution is 2.19. The van der Waals surface area contributed by atoms with Crippen molar-refractivity contribution in [3.05, 3.63) is 48.5 Å². The van der Waals surface area contributed by atoms with Crippen LogP contribution in [0.5, 0.6) is 11.5 Å². The van der Waals surface area contributed by atoms with Crippen molar-refractivity contribution in [2.24, 2.45) is 5.92 Å². The van der Waals surface area contributed by atoms with Gasteiger partial charge in [-0.05, 0) is 43.0 Å². The van der Waals surface area contributed by atoms with Crippen LogP contribution in [0.1, 0.15) is 33.6 Å². The topological polar surface area (TPSA) is 42.5 Å². The summed E-state index contributed by atoms with van der Waals surface area (Å²) >= 11 is 0. The molecular weight excluding hydrogens is 324 g/mol. The van der Waals surface area contributed by atoms with Crippen LogP contribution in [0.3, 0.4) is 0 Å². The third-order valence-electron chi connectivity index (χ3n) is 3.89. The SMILES string of the molecule is CCCOc1cccc(NCCNc2cccc(OCCC(C)C)c2)c1. The second-order valence-electron chi connectivity index (χ2n) is 6.79. The third kappa shape index (κ3) is 7.68. The molecular formula is C22H32N2O2. The minimum atomic E-state index is 0.660. The Labute approximate surface area is 157 Å². The first kappa shape index (κ1) is 20.0. The van der Waals surface area contributed by atoms with Crippen molar-refractivity contribution < 1.29 is 9.47 Å². The molecule has 0 fully saturated rings. The van der Waals surface area contributed by atoms with E-state index in [-0.39, 0.29) is 0 Å². The second kappa shape index (κ2) is 11.3. The van der Waals surface area contributed by atoms with E-state index < -0.39 is 0 Å². The Morgan fingerprint density at radius 1 is 0.808 bits per heavy atom. The first-order valence-corrected chi connectivity index (χ1v) is 9.61. The van der Waals surface area contributed by atoms with Gasteiger partial charge in [-0.1, -0.05) is 32.9 Å². The van der Waals surface area contributed by atoms with E-state index >= 15 is 0 Å². The summed E-state index contributed by atoms with van der Waals surface area (Å²) < 4.78 is 11.5. The van der Waals surface area contributed by atoms with Gasteiger partial charge in [-0.25, -0.2) is 0 Å². The van der Waals surface area contributed by atoms with E-state index in [2.05, 4.69) is 49.6 Å². The van der Waals surface area contributed by atoms with E-state index in [0.717, 1.165) is 62.0 Å². The summed E-state index contributed by atoms with van der Waals surface area (Å²) in [6.45, 7) is 9.70. The molecule has 0 amide bonds. The molecule has 4 nitrogen and oxygen atoms in total. The molecule has 0 saturated carbocycles. The van der Waals surface area contributed by atoms with Crippen molar-refractivity contribution >= 4 is 11.4 Å². The predicted molar refractivity (Wildman–Crippen MR) is 111 cm³/mol. The zero-order chi connectivity index (χ0) is 18.6. The Balaban J connectivity index is 1.72. The molecule has 0 aliphatic heterocycles. The van der Waals surface area contributed by atoms with Gasteiger partial charge in [0.25, 0.3) is 0 Å². The van der Waals surface area contributed by atoms with Crippen molar-refractivity contribution in [1.29, 1.82) is 0 Å². The molecule has 0 saturated heterocycles. The summed E-state index contributed by atoms with van der Waals surface area (Å²) in [7, 11) is 0. The Kier molecular flexibility index (Phi) is 8.67. The average molecular weight is 357 g/mol. The van der Waals surface area contributed by atoms with Crippen LogP contribution in [0.4, 0.5) is 11.4 Å². The van der Waals surface area contributed by atoms with Gasteiger partial charge in [0.15, 0.2) is 0 Å². The fourth-order valence-electron chi connectivity index (χ4n) is 2.44. The van der Waals surface area contributed by atoms with Crippen LogP contribution in [0.15, 0.2) is 48.5 Å².